The zero-order valence-corrected chi connectivity index (χ0v) is 18.9. The molecule has 0 saturated heterocycles. The van der Waals surface area contributed by atoms with Crippen molar-refractivity contribution in [1.29, 1.82) is 0 Å². The lowest BCUT2D eigenvalue weighted by Crippen LogP contribution is -2.47. The number of benzene rings is 2. The van der Waals surface area contributed by atoms with Gasteiger partial charge in [0.1, 0.15) is 11.8 Å². The molecule has 31 heavy (non-hydrogen) atoms. The van der Waals surface area contributed by atoms with Gasteiger partial charge in [0.25, 0.3) is 0 Å². The van der Waals surface area contributed by atoms with Gasteiger partial charge in [-0.15, -0.1) is 0 Å². The van der Waals surface area contributed by atoms with E-state index in [1.165, 1.54) is 0 Å². The van der Waals surface area contributed by atoms with Gasteiger partial charge in [-0.2, -0.15) is 0 Å². The second-order valence-electron chi connectivity index (χ2n) is 7.13. The van der Waals surface area contributed by atoms with Crippen molar-refractivity contribution >= 4 is 11.8 Å². The van der Waals surface area contributed by atoms with Crippen LogP contribution in [0.2, 0.25) is 0 Å². The quantitative estimate of drug-likeness (QED) is 0.595. The summed E-state index contributed by atoms with van der Waals surface area (Å²) < 4.78 is 15.7. The normalized spacial score (nSPS) is 11.4. The van der Waals surface area contributed by atoms with Crippen LogP contribution >= 0.6 is 0 Å². The Kier molecular flexibility index (Phi) is 9.18. The van der Waals surface area contributed by atoms with E-state index in [1.807, 2.05) is 42.5 Å². The second kappa shape index (κ2) is 11.8. The number of nitrogens with one attached hydrogen (secondary N) is 1. The standard InChI is InChI=1S/C24H32N2O5/c1-6-23(27)26(16-19-7-10-20(29-3)11-8-19)17(2)24(28)25-14-13-18-9-12-21(30-4)22(15-18)31-5/h7-12,15,17H,6,13-14,16H2,1-5H3,(H,25,28)/t17-/m0/s1. The number of ether oxygens (including phenoxy) is 3. The summed E-state index contributed by atoms with van der Waals surface area (Å²) in [6.07, 6.45) is 0.971. The van der Waals surface area contributed by atoms with Crippen LogP contribution in [0, 0.1) is 0 Å². The molecule has 1 N–H and O–H groups in total. The van der Waals surface area contributed by atoms with E-state index < -0.39 is 6.04 Å². The highest BCUT2D eigenvalue weighted by Crippen LogP contribution is 2.27. The molecule has 0 aliphatic heterocycles. The minimum atomic E-state index is -0.583. The monoisotopic (exact) mass is 428 g/mol. The van der Waals surface area contributed by atoms with Crippen LogP contribution in [-0.4, -0.2) is 50.6 Å². The van der Waals surface area contributed by atoms with Crippen molar-refractivity contribution in [2.24, 2.45) is 0 Å². The Labute approximate surface area is 184 Å². The van der Waals surface area contributed by atoms with Crippen molar-refractivity contribution in [3.05, 3.63) is 53.6 Å². The van der Waals surface area contributed by atoms with Gasteiger partial charge in [0.15, 0.2) is 11.5 Å². The Balaban J connectivity index is 1.98. The van der Waals surface area contributed by atoms with Crippen molar-refractivity contribution < 1.29 is 23.8 Å². The molecule has 7 nitrogen and oxygen atoms in total. The predicted molar refractivity (Wildman–Crippen MR) is 120 cm³/mol. The first-order valence-corrected chi connectivity index (χ1v) is 10.3. The summed E-state index contributed by atoms with van der Waals surface area (Å²) in [5.41, 5.74) is 1.96. The Bertz CT molecular complexity index is 867. The van der Waals surface area contributed by atoms with Gasteiger partial charge in [-0.3, -0.25) is 9.59 Å². The Morgan fingerprint density at radius 1 is 0.935 bits per heavy atom. The van der Waals surface area contributed by atoms with Crippen LogP contribution in [0.4, 0.5) is 0 Å². The molecule has 7 heteroatoms. The minimum absolute atomic E-state index is 0.0710. The highest BCUT2D eigenvalue weighted by molar-refractivity contribution is 5.87. The Hall–Kier alpha value is -3.22. The molecule has 0 spiro atoms. The molecule has 0 aromatic heterocycles. The smallest absolute Gasteiger partial charge is 0.242 e. The second-order valence-corrected chi connectivity index (χ2v) is 7.13. The first-order chi connectivity index (χ1) is 14.9. The Morgan fingerprint density at radius 2 is 1.58 bits per heavy atom. The van der Waals surface area contributed by atoms with Crippen LogP contribution in [0.3, 0.4) is 0 Å². The van der Waals surface area contributed by atoms with Crippen molar-refractivity contribution in [3.8, 4) is 17.2 Å². The number of hydrogen-bond acceptors (Lipinski definition) is 5. The molecular weight excluding hydrogens is 396 g/mol. The molecule has 0 unspecified atom stereocenters. The fraction of sp³-hybridized carbons (Fsp3) is 0.417. The molecule has 168 valence electrons. The molecule has 2 amide bonds. The van der Waals surface area contributed by atoms with E-state index >= 15 is 0 Å². The zero-order chi connectivity index (χ0) is 22.8. The number of carbonyl (C=O) groups is 2. The lowest BCUT2D eigenvalue weighted by atomic mass is 10.1. The third-order valence-electron chi connectivity index (χ3n) is 5.14. The lowest BCUT2D eigenvalue weighted by Gasteiger charge is -2.28. The third kappa shape index (κ3) is 6.64. The fourth-order valence-electron chi connectivity index (χ4n) is 3.23. The van der Waals surface area contributed by atoms with Crippen molar-refractivity contribution in [2.45, 2.75) is 39.3 Å². The van der Waals surface area contributed by atoms with Gasteiger partial charge in [0, 0.05) is 19.5 Å². The van der Waals surface area contributed by atoms with E-state index in [2.05, 4.69) is 5.32 Å². The third-order valence-corrected chi connectivity index (χ3v) is 5.14. The van der Waals surface area contributed by atoms with Crippen molar-refractivity contribution in [2.75, 3.05) is 27.9 Å². The molecule has 0 bridgehead atoms. The molecule has 2 aromatic rings. The van der Waals surface area contributed by atoms with E-state index in [9.17, 15) is 9.59 Å². The summed E-state index contributed by atoms with van der Waals surface area (Å²) in [7, 11) is 4.79. The first kappa shape index (κ1) is 24.1. The van der Waals surface area contributed by atoms with Gasteiger partial charge in [0.05, 0.1) is 21.3 Å². The van der Waals surface area contributed by atoms with Crippen molar-refractivity contribution in [1.82, 2.24) is 10.2 Å². The minimum Gasteiger partial charge on any atom is -0.497 e. The average Bonchev–Trinajstić information content (AvgIpc) is 2.81. The van der Waals surface area contributed by atoms with E-state index in [4.69, 9.17) is 14.2 Å². The summed E-state index contributed by atoms with van der Waals surface area (Å²) in [6.45, 7) is 4.37. The number of rotatable bonds is 11. The van der Waals surface area contributed by atoms with Gasteiger partial charge >= 0.3 is 0 Å². The lowest BCUT2D eigenvalue weighted by molar-refractivity contribution is -0.140. The van der Waals surface area contributed by atoms with E-state index in [1.54, 1.807) is 40.1 Å². The fourth-order valence-corrected chi connectivity index (χ4v) is 3.23. The number of methoxy groups -OCH3 is 3. The number of nitrogens with zero attached hydrogens (tertiary/aromatic N) is 1. The number of hydrogen-bond donors (Lipinski definition) is 1. The molecule has 2 aromatic carbocycles. The van der Waals surface area contributed by atoms with Crippen LogP contribution < -0.4 is 19.5 Å². The van der Waals surface area contributed by atoms with Gasteiger partial charge in [-0.05, 0) is 48.7 Å². The highest BCUT2D eigenvalue weighted by Gasteiger charge is 2.24. The molecule has 0 saturated carbocycles. The summed E-state index contributed by atoms with van der Waals surface area (Å²) in [5.74, 6) is 1.81. The van der Waals surface area contributed by atoms with Gasteiger partial charge in [0.2, 0.25) is 11.8 Å². The molecule has 0 aliphatic carbocycles. The molecular formula is C24H32N2O5. The van der Waals surface area contributed by atoms with Crippen LogP contribution in [0.15, 0.2) is 42.5 Å². The first-order valence-electron chi connectivity index (χ1n) is 10.3. The number of carbonyl (C=O) groups excluding carboxylic acids is 2. The van der Waals surface area contributed by atoms with Gasteiger partial charge in [-0.25, -0.2) is 0 Å². The van der Waals surface area contributed by atoms with Gasteiger partial charge in [-0.1, -0.05) is 25.1 Å². The molecule has 0 radical (unpaired) electrons. The highest BCUT2D eigenvalue weighted by atomic mass is 16.5. The summed E-state index contributed by atoms with van der Waals surface area (Å²) >= 11 is 0. The van der Waals surface area contributed by atoms with E-state index in [0.717, 1.165) is 16.9 Å². The maximum absolute atomic E-state index is 12.7. The van der Waals surface area contributed by atoms with E-state index in [-0.39, 0.29) is 11.8 Å². The SMILES string of the molecule is CCC(=O)N(Cc1ccc(OC)cc1)[C@@H](C)C(=O)NCCc1ccc(OC)c(OC)c1. The van der Waals surface area contributed by atoms with Gasteiger partial charge < -0.3 is 24.4 Å². The molecule has 0 aliphatic rings. The summed E-state index contributed by atoms with van der Waals surface area (Å²) in [6, 6.07) is 12.6. The summed E-state index contributed by atoms with van der Waals surface area (Å²) in [5, 5.41) is 2.94. The van der Waals surface area contributed by atoms with Crippen LogP contribution in [0.25, 0.3) is 0 Å². The zero-order valence-electron chi connectivity index (χ0n) is 18.9. The Morgan fingerprint density at radius 3 is 2.16 bits per heavy atom. The van der Waals surface area contributed by atoms with Crippen molar-refractivity contribution in [3.63, 3.8) is 0 Å². The predicted octanol–water partition coefficient (Wildman–Crippen LogP) is 3.20. The largest absolute Gasteiger partial charge is 0.497 e. The van der Waals surface area contributed by atoms with E-state index in [0.29, 0.717) is 37.4 Å². The summed E-state index contributed by atoms with van der Waals surface area (Å²) in [4.78, 5) is 26.9. The molecule has 2 rings (SSSR count). The van der Waals surface area contributed by atoms with Crippen LogP contribution in [-0.2, 0) is 22.6 Å². The number of amides is 2. The topological polar surface area (TPSA) is 77.1 Å². The average molecular weight is 429 g/mol. The van der Waals surface area contributed by atoms with Crippen LogP contribution in [0.5, 0.6) is 17.2 Å². The molecule has 0 fully saturated rings. The van der Waals surface area contributed by atoms with Crippen LogP contribution in [0.1, 0.15) is 31.4 Å². The maximum Gasteiger partial charge on any atom is 0.242 e. The molecule has 1 atom stereocenters. The maximum atomic E-state index is 12.7. The molecule has 0 heterocycles.